The molecular formula is C13H26N2O2. The van der Waals surface area contributed by atoms with Gasteiger partial charge in [-0.25, -0.2) is 0 Å². The van der Waals surface area contributed by atoms with Crippen LogP contribution >= 0.6 is 0 Å². The van der Waals surface area contributed by atoms with E-state index in [2.05, 4.69) is 24.1 Å². The number of hydrogen-bond acceptors (Lipinski definition) is 4. The maximum absolute atomic E-state index is 5.79. The molecule has 2 rings (SSSR count). The molecule has 2 saturated heterocycles. The first kappa shape index (κ1) is 13.3. The Bertz CT molecular complexity index is 219. The highest BCUT2D eigenvalue weighted by Crippen LogP contribution is 2.16. The van der Waals surface area contributed by atoms with E-state index in [1.165, 1.54) is 6.42 Å². The third-order valence-electron chi connectivity index (χ3n) is 4.01. The maximum atomic E-state index is 5.79. The van der Waals surface area contributed by atoms with Gasteiger partial charge in [0, 0.05) is 32.3 Å². The summed E-state index contributed by atoms with van der Waals surface area (Å²) >= 11 is 0. The van der Waals surface area contributed by atoms with Crippen molar-refractivity contribution in [1.82, 2.24) is 10.2 Å². The van der Waals surface area contributed by atoms with Crippen LogP contribution < -0.4 is 5.32 Å². The predicted octanol–water partition coefficient (Wildman–Crippen LogP) is 0.722. The van der Waals surface area contributed by atoms with Crippen molar-refractivity contribution in [2.75, 3.05) is 46.0 Å². The lowest BCUT2D eigenvalue weighted by molar-refractivity contribution is -0.0269. The predicted molar refractivity (Wildman–Crippen MR) is 68.2 cm³/mol. The fourth-order valence-corrected chi connectivity index (χ4v) is 2.62. The monoisotopic (exact) mass is 242 g/mol. The summed E-state index contributed by atoms with van der Waals surface area (Å²) in [6.07, 6.45) is 1.55. The van der Waals surface area contributed by atoms with E-state index >= 15 is 0 Å². The minimum absolute atomic E-state index is 0.355. The average molecular weight is 242 g/mol. The van der Waals surface area contributed by atoms with E-state index in [0.29, 0.717) is 18.1 Å². The molecule has 100 valence electrons. The van der Waals surface area contributed by atoms with E-state index in [-0.39, 0.29) is 0 Å². The summed E-state index contributed by atoms with van der Waals surface area (Å²) in [5.41, 5.74) is 0. The van der Waals surface area contributed by atoms with Crippen LogP contribution in [0.5, 0.6) is 0 Å². The molecule has 3 unspecified atom stereocenters. The number of morpholine rings is 1. The molecule has 0 radical (unpaired) electrons. The molecule has 2 aliphatic heterocycles. The first-order valence-corrected chi connectivity index (χ1v) is 6.94. The Morgan fingerprint density at radius 1 is 1.41 bits per heavy atom. The summed E-state index contributed by atoms with van der Waals surface area (Å²) in [4.78, 5) is 2.46. The van der Waals surface area contributed by atoms with Gasteiger partial charge in [0.2, 0.25) is 0 Å². The fourth-order valence-electron chi connectivity index (χ4n) is 2.62. The Labute approximate surface area is 105 Å². The molecule has 2 heterocycles. The highest BCUT2D eigenvalue weighted by Gasteiger charge is 2.24. The lowest BCUT2D eigenvalue weighted by Gasteiger charge is -2.33. The van der Waals surface area contributed by atoms with Crippen molar-refractivity contribution in [1.29, 1.82) is 0 Å². The Balaban J connectivity index is 1.66. The van der Waals surface area contributed by atoms with Gasteiger partial charge in [0.15, 0.2) is 0 Å². The molecule has 0 amide bonds. The molecule has 4 nitrogen and oxygen atoms in total. The summed E-state index contributed by atoms with van der Waals surface area (Å²) in [6, 6.07) is 0.540. The lowest BCUT2D eigenvalue weighted by atomic mass is 10.0. The minimum Gasteiger partial charge on any atom is -0.381 e. The van der Waals surface area contributed by atoms with Crippen LogP contribution in [0.25, 0.3) is 0 Å². The molecule has 0 aromatic heterocycles. The van der Waals surface area contributed by atoms with Gasteiger partial charge in [0.25, 0.3) is 0 Å². The summed E-state index contributed by atoms with van der Waals surface area (Å²) in [5.74, 6) is 0.681. The number of likely N-dealkylation sites (N-methyl/N-ethyl adjacent to an activating group) is 1. The third kappa shape index (κ3) is 3.91. The third-order valence-corrected chi connectivity index (χ3v) is 4.01. The van der Waals surface area contributed by atoms with Crippen LogP contribution in [0.2, 0.25) is 0 Å². The first-order valence-electron chi connectivity index (χ1n) is 6.94. The summed E-state index contributed by atoms with van der Waals surface area (Å²) in [5, 5.41) is 3.61. The van der Waals surface area contributed by atoms with Gasteiger partial charge in [0.1, 0.15) is 0 Å². The van der Waals surface area contributed by atoms with Crippen molar-refractivity contribution in [2.24, 2.45) is 5.92 Å². The second kappa shape index (κ2) is 6.69. The summed E-state index contributed by atoms with van der Waals surface area (Å²) in [7, 11) is 0. The molecule has 1 N–H and O–H groups in total. The zero-order valence-corrected chi connectivity index (χ0v) is 11.2. The molecule has 2 fully saturated rings. The molecule has 0 spiro atoms. The van der Waals surface area contributed by atoms with Crippen molar-refractivity contribution < 1.29 is 9.47 Å². The number of nitrogens with one attached hydrogen (secondary N) is 1. The van der Waals surface area contributed by atoms with Crippen molar-refractivity contribution >= 4 is 0 Å². The number of hydrogen-bond donors (Lipinski definition) is 1. The van der Waals surface area contributed by atoms with Crippen LogP contribution in [0.4, 0.5) is 0 Å². The van der Waals surface area contributed by atoms with Crippen molar-refractivity contribution in [3.05, 3.63) is 0 Å². The largest absolute Gasteiger partial charge is 0.381 e. The molecule has 17 heavy (non-hydrogen) atoms. The van der Waals surface area contributed by atoms with Gasteiger partial charge in [-0.1, -0.05) is 6.92 Å². The van der Waals surface area contributed by atoms with Gasteiger partial charge in [-0.05, 0) is 25.8 Å². The summed E-state index contributed by atoms with van der Waals surface area (Å²) in [6.45, 7) is 11.5. The Morgan fingerprint density at radius 3 is 3.00 bits per heavy atom. The van der Waals surface area contributed by atoms with Gasteiger partial charge in [0.05, 0.1) is 19.3 Å². The Kier molecular flexibility index (Phi) is 5.22. The van der Waals surface area contributed by atoms with Crippen molar-refractivity contribution in [3.63, 3.8) is 0 Å². The van der Waals surface area contributed by atoms with Gasteiger partial charge >= 0.3 is 0 Å². The van der Waals surface area contributed by atoms with Gasteiger partial charge in [-0.3, -0.25) is 4.90 Å². The van der Waals surface area contributed by atoms with Gasteiger partial charge in [-0.15, -0.1) is 0 Å². The SMILES string of the molecule is CCN1CCOC(CNC(C)C2CCOC2)C1. The molecule has 0 saturated carbocycles. The van der Waals surface area contributed by atoms with E-state index in [4.69, 9.17) is 9.47 Å². The number of nitrogens with zero attached hydrogens (tertiary/aromatic N) is 1. The zero-order chi connectivity index (χ0) is 12.1. The second-order valence-electron chi connectivity index (χ2n) is 5.21. The van der Waals surface area contributed by atoms with Crippen molar-refractivity contribution in [3.8, 4) is 0 Å². The number of rotatable bonds is 5. The van der Waals surface area contributed by atoms with Crippen LogP contribution in [0.1, 0.15) is 20.3 Å². The highest BCUT2D eigenvalue weighted by molar-refractivity contribution is 4.79. The van der Waals surface area contributed by atoms with Crippen LogP contribution in [0.15, 0.2) is 0 Å². The first-order chi connectivity index (χ1) is 8.29. The highest BCUT2D eigenvalue weighted by atomic mass is 16.5. The van der Waals surface area contributed by atoms with E-state index in [9.17, 15) is 0 Å². The minimum atomic E-state index is 0.355. The van der Waals surface area contributed by atoms with E-state index in [1.54, 1.807) is 0 Å². The molecule has 0 aromatic rings. The smallest absolute Gasteiger partial charge is 0.0826 e. The Morgan fingerprint density at radius 2 is 2.29 bits per heavy atom. The molecule has 4 heteroatoms. The Hall–Kier alpha value is -0.160. The van der Waals surface area contributed by atoms with Crippen LogP contribution in [-0.4, -0.2) is 63.0 Å². The molecule has 0 aromatic carbocycles. The van der Waals surface area contributed by atoms with E-state index < -0.39 is 0 Å². The number of ether oxygens (including phenoxy) is 2. The van der Waals surface area contributed by atoms with Crippen LogP contribution in [0, 0.1) is 5.92 Å². The van der Waals surface area contributed by atoms with Crippen molar-refractivity contribution in [2.45, 2.75) is 32.4 Å². The normalized spacial score (nSPS) is 32.8. The van der Waals surface area contributed by atoms with E-state index in [0.717, 1.165) is 46.0 Å². The maximum Gasteiger partial charge on any atom is 0.0826 e. The van der Waals surface area contributed by atoms with Gasteiger partial charge in [-0.2, -0.15) is 0 Å². The molecule has 3 atom stereocenters. The van der Waals surface area contributed by atoms with E-state index in [1.807, 2.05) is 0 Å². The quantitative estimate of drug-likeness (QED) is 0.770. The van der Waals surface area contributed by atoms with Crippen LogP contribution in [-0.2, 0) is 9.47 Å². The molecule has 0 aliphatic carbocycles. The topological polar surface area (TPSA) is 33.7 Å². The standard InChI is InChI=1S/C13H26N2O2/c1-3-15-5-7-17-13(9-15)8-14-11(2)12-4-6-16-10-12/h11-14H,3-10H2,1-2H3. The second-order valence-corrected chi connectivity index (χ2v) is 5.21. The fraction of sp³-hybridized carbons (Fsp3) is 1.00. The molecular weight excluding hydrogens is 216 g/mol. The average Bonchev–Trinajstić information content (AvgIpc) is 2.90. The molecule has 2 aliphatic rings. The molecule has 0 bridgehead atoms. The zero-order valence-electron chi connectivity index (χ0n) is 11.2. The van der Waals surface area contributed by atoms with Gasteiger partial charge < -0.3 is 14.8 Å². The summed E-state index contributed by atoms with van der Waals surface area (Å²) < 4.78 is 11.2. The lowest BCUT2D eigenvalue weighted by Crippen LogP contribution is -2.48. The van der Waals surface area contributed by atoms with Crippen LogP contribution in [0.3, 0.4) is 0 Å².